The molecule has 0 atom stereocenters. The first-order valence-corrected chi connectivity index (χ1v) is 11.3. The number of hydrogen-bond donors (Lipinski definition) is 2. The molecular weight excluding hydrogens is 434 g/mol. The van der Waals surface area contributed by atoms with Crippen LogP contribution in [0, 0.1) is 12.5 Å². The largest absolute Gasteiger partial charge is 0.490 e. The summed E-state index contributed by atoms with van der Waals surface area (Å²) >= 11 is 6.08. The molecule has 0 unspecified atom stereocenters. The number of nitrogens with one attached hydrogen (secondary N) is 1. The number of anilines is 1. The summed E-state index contributed by atoms with van der Waals surface area (Å²) in [5.74, 6) is 0.995. The van der Waals surface area contributed by atoms with Crippen LogP contribution in [0.5, 0.6) is 5.75 Å². The Morgan fingerprint density at radius 2 is 2.03 bits per heavy atom. The van der Waals surface area contributed by atoms with Gasteiger partial charge in [0.1, 0.15) is 5.75 Å². The van der Waals surface area contributed by atoms with Gasteiger partial charge in [0.05, 0.1) is 17.7 Å². The van der Waals surface area contributed by atoms with Gasteiger partial charge in [-0.05, 0) is 61.7 Å². The highest BCUT2D eigenvalue weighted by atomic mass is 35.5. The van der Waals surface area contributed by atoms with E-state index in [0.29, 0.717) is 28.3 Å². The number of carbonyl (C=O) groups excluding carboxylic acids is 1. The molecule has 9 nitrogen and oxygen atoms in total. The average Bonchev–Trinajstić information content (AvgIpc) is 3.31. The van der Waals surface area contributed by atoms with Crippen molar-refractivity contribution in [1.82, 2.24) is 15.5 Å². The lowest BCUT2D eigenvalue weighted by molar-refractivity contribution is 0.0851. The SMILES string of the molecule is [C-]#[N+]c1ccc(OC2CCC(NC(=O)c3nc(N4CCC(CO)CC4)no3)CC2)cc1Cl. The van der Waals surface area contributed by atoms with Crippen LogP contribution in [0.1, 0.15) is 49.2 Å². The Kier molecular flexibility index (Phi) is 7.12. The van der Waals surface area contributed by atoms with Crippen LogP contribution in [0.15, 0.2) is 22.7 Å². The van der Waals surface area contributed by atoms with Gasteiger partial charge in [0, 0.05) is 25.7 Å². The molecule has 1 aliphatic heterocycles. The fourth-order valence-electron chi connectivity index (χ4n) is 4.17. The van der Waals surface area contributed by atoms with Crippen LogP contribution in [0.2, 0.25) is 5.02 Å². The van der Waals surface area contributed by atoms with Crippen LogP contribution in [-0.4, -0.2) is 53.0 Å². The van der Waals surface area contributed by atoms with E-state index < -0.39 is 0 Å². The lowest BCUT2D eigenvalue weighted by Crippen LogP contribution is -2.40. The molecule has 1 aromatic heterocycles. The third-order valence-electron chi connectivity index (χ3n) is 6.12. The Labute approximate surface area is 191 Å². The number of carbonyl (C=O) groups is 1. The molecule has 170 valence electrons. The minimum Gasteiger partial charge on any atom is -0.490 e. The third-order valence-corrected chi connectivity index (χ3v) is 6.42. The van der Waals surface area contributed by atoms with Gasteiger partial charge in [0.25, 0.3) is 5.95 Å². The first-order chi connectivity index (χ1) is 15.6. The Morgan fingerprint density at radius 3 is 2.69 bits per heavy atom. The number of halogens is 1. The van der Waals surface area contributed by atoms with E-state index in [4.69, 9.17) is 27.4 Å². The smallest absolute Gasteiger partial charge is 0.317 e. The fraction of sp³-hybridized carbons (Fsp3) is 0.545. The van der Waals surface area contributed by atoms with Crippen LogP contribution < -0.4 is 15.0 Å². The summed E-state index contributed by atoms with van der Waals surface area (Å²) in [4.78, 5) is 22.1. The normalized spacial score (nSPS) is 21.7. The number of aliphatic hydroxyl groups excluding tert-OH is 1. The van der Waals surface area contributed by atoms with Crippen LogP contribution in [0.25, 0.3) is 4.85 Å². The summed E-state index contributed by atoms with van der Waals surface area (Å²) in [6.45, 7) is 8.73. The summed E-state index contributed by atoms with van der Waals surface area (Å²) in [6, 6.07) is 5.10. The summed E-state index contributed by atoms with van der Waals surface area (Å²) in [5, 5.41) is 16.6. The Bertz CT molecular complexity index is 975. The molecule has 2 heterocycles. The Morgan fingerprint density at radius 1 is 1.28 bits per heavy atom. The van der Waals surface area contributed by atoms with Gasteiger partial charge < -0.3 is 24.6 Å². The molecule has 1 saturated carbocycles. The second-order valence-electron chi connectivity index (χ2n) is 8.30. The molecule has 1 saturated heterocycles. The number of ether oxygens (including phenoxy) is 1. The maximum absolute atomic E-state index is 12.5. The molecule has 2 fully saturated rings. The van der Waals surface area contributed by atoms with E-state index in [2.05, 4.69) is 20.3 Å². The van der Waals surface area contributed by atoms with Crippen molar-refractivity contribution >= 4 is 29.1 Å². The van der Waals surface area contributed by atoms with Crippen LogP contribution >= 0.6 is 11.6 Å². The van der Waals surface area contributed by atoms with Crippen molar-refractivity contribution in [2.45, 2.75) is 50.7 Å². The molecule has 0 radical (unpaired) electrons. The average molecular weight is 460 g/mol. The van der Waals surface area contributed by atoms with Crippen molar-refractivity contribution in [2.24, 2.45) is 5.92 Å². The van der Waals surface area contributed by atoms with Crippen LogP contribution in [0.4, 0.5) is 11.6 Å². The first-order valence-electron chi connectivity index (χ1n) is 10.9. The highest BCUT2D eigenvalue weighted by molar-refractivity contribution is 6.33. The monoisotopic (exact) mass is 459 g/mol. The van der Waals surface area contributed by atoms with Crippen LogP contribution in [0.3, 0.4) is 0 Å². The predicted molar refractivity (Wildman–Crippen MR) is 118 cm³/mol. The number of aromatic nitrogens is 2. The number of aliphatic hydroxyl groups is 1. The molecule has 0 bridgehead atoms. The molecule has 1 aliphatic carbocycles. The zero-order valence-electron chi connectivity index (χ0n) is 17.7. The maximum Gasteiger partial charge on any atom is 0.317 e. The van der Waals surface area contributed by atoms with Crippen molar-refractivity contribution in [3.63, 3.8) is 0 Å². The second-order valence-corrected chi connectivity index (χ2v) is 8.71. The van der Waals surface area contributed by atoms with E-state index in [1.807, 2.05) is 4.90 Å². The Balaban J connectivity index is 1.24. The molecule has 10 heteroatoms. The van der Waals surface area contributed by atoms with E-state index >= 15 is 0 Å². The Hall–Kier alpha value is -2.83. The number of benzene rings is 1. The van der Waals surface area contributed by atoms with Gasteiger partial charge in [-0.3, -0.25) is 4.79 Å². The van der Waals surface area contributed by atoms with Crippen molar-refractivity contribution in [1.29, 1.82) is 0 Å². The minimum absolute atomic E-state index is 0.0195. The zero-order chi connectivity index (χ0) is 22.5. The standard InChI is InChI=1S/C22H26ClN5O4/c1-24-19-7-6-17(12-18(19)23)31-16-4-2-15(3-5-16)25-20(30)21-26-22(27-32-21)28-10-8-14(13-29)9-11-28/h6-7,12,14-16,29H,2-5,8-11,13H2,(H,25,30). The zero-order valence-corrected chi connectivity index (χ0v) is 18.4. The van der Waals surface area contributed by atoms with E-state index in [-0.39, 0.29) is 30.6 Å². The number of piperidine rings is 1. The quantitative estimate of drug-likeness (QED) is 0.636. The predicted octanol–water partition coefficient (Wildman–Crippen LogP) is 3.60. The van der Waals surface area contributed by atoms with Gasteiger partial charge in [0.15, 0.2) is 0 Å². The molecule has 2 N–H and O–H groups in total. The highest BCUT2D eigenvalue weighted by Crippen LogP contribution is 2.31. The van der Waals surface area contributed by atoms with Gasteiger partial charge >= 0.3 is 11.8 Å². The summed E-state index contributed by atoms with van der Waals surface area (Å²) < 4.78 is 11.2. The molecule has 0 spiro atoms. The lowest BCUT2D eigenvalue weighted by Gasteiger charge is -2.29. The summed E-state index contributed by atoms with van der Waals surface area (Å²) in [7, 11) is 0. The van der Waals surface area contributed by atoms with Crippen molar-refractivity contribution in [2.75, 3.05) is 24.6 Å². The van der Waals surface area contributed by atoms with E-state index in [1.54, 1.807) is 18.2 Å². The molecule has 32 heavy (non-hydrogen) atoms. The minimum atomic E-state index is -0.361. The topological polar surface area (TPSA) is 105 Å². The number of rotatable bonds is 6. The molecule has 2 aliphatic rings. The number of amides is 1. The van der Waals surface area contributed by atoms with E-state index in [1.165, 1.54) is 0 Å². The molecule has 1 amide bonds. The first kappa shape index (κ1) is 22.4. The summed E-state index contributed by atoms with van der Waals surface area (Å²) in [6.07, 6.45) is 4.92. The molecule has 2 aromatic rings. The fourth-order valence-corrected chi connectivity index (χ4v) is 4.38. The van der Waals surface area contributed by atoms with Gasteiger partial charge in [-0.15, -0.1) is 0 Å². The maximum atomic E-state index is 12.5. The lowest BCUT2D eigenvalue weighted by atomic mass is 9.93. The van der Waals surface area contributed by atoms with Gasteiger partial charge in [-0.25, -0.2) is 4.85 Å². The molecule has 4 rings (SSSR count). The van der Waals surface area contributed by atoms with E-state index in [9.17, 15) is 9.90 Å². The third kappa shape index (κ3) is 5.31. The van der Waals surface area contributed by atoms with Crippen molar-refractivity contribution in [3.8, 4) is 5.75 Å². The van der Waals surface area contributed by atoms with Gasteiger partial charge in [-0.1, -0.05) is 17.7 Å². The number of nitrogens with zero attached hydrogens (tertiary/aromatic N) is 4. The van der Waals surface area contributed by atoms with E-state index in [0.717, 1.165) is 51.6 Å². The van der Waals surface area contributed by atoms with Crippen LogP contribution in [-0.2, 0) is 0 Å². The number of hydrogen-bond acceptors (Lipinski definition) is 7. The molecular formula is C22H26ClN5O4. The highest BCUT2D eigenvalue weighted by Gasteiger charge is 2.27. The molecule has 1 aromatic carbocycles. The second kappa shape index (κ2) is 10.2. The summed E-state index contributed by atoms with van der Waals surface area (Å²) in [5.41, 5.74) is 0.407. The van der Waals surface area contributed by atoms with Gasteiger partial charge in [-0.2, -0.15) is 4.98 Å². The van der Waals surface area contributed by atoms with Crippen molar-refractivity contribution in [3.05, 3.63) is 40.5 Å². The van der Waals surface area contributed by atoms with Crippen molar-refractivity contribution < 1.29 is 19.2 Å². The van der Waals surface area contributed by atoms with Gasteiger partial charge in [0.2, 0.25) is 5.69 Å².